The number of carbonyl (C=O) groups excluding carboxylic acids is 1. The molecule has 64 valence electrons. The van der Waals surface area contributed by atoms with E-state index in [0.717, 1.165) is 6.42 Å². The van der Waals surface area contributed by atoms with Crippen LogP contribution in [-0.4, -0.2) is 18.9 Å². The molecule has 11 heavy (non-hydrogen) atoms. The van der Waals surface area contributed by atoms with Crippen molar-refractivity contribution in [1.82, 2.24) is 5.32 Å². The third-order valence-corrected chi connectivity index (χ3v) is 1.54. The summed E-state index contributed by atoms with van der Waals surface area (Å²) in [6.45, 7) is 3.69. The van der Waals surface area contributed by atoms with Crippen LogP contribution in [0.3, 0.4) is 0 Å². The molecule has 0 unspecified atom stereocenters. The van der Waals surface area contributed by atoms with Gasteiger partial charge in [0.1, 0.15) is 5.78 Å². The largest absolute Gasteiger partial charge is 0.314 e. The van der Waals surface area contributed by atoms with Gasteiger partial charge in [-0.15, -0.1) is 0 Å². The molecule has 1 N–H and O–H groups in total. The number of Topliss-reactive ketones (excluding diaryl/α,β-unsaturated/α-hetero) is 1. The van der Waals surface area contributed by atoms with Crippen LogP contribution in [0, 0.1) is 0 Å². The highest BCUT2D eigenvalue weighted by Gasteiger charge is 1.90. The van der Waals surface area contributed by atoms with E-state index in [4.69, 9.17) is 0 Å². The summed E-state index contributed by atoms with van der Waals surface area (Å²) in [5, 5.41) is 3.08. The minimum Gasteiger partial charge on any atom is -0.314 e. The first-order chi connectivity index (χ1) is 5.16. The van der Waals surface area contributed by atoms with Crippen molar-refractivity contribution >= 4 is 5.78 Å². The van der Waals surface area contributed by atoms with Crippen molar-refractivity contribution in [2.24, 2.45) is 0 Å². The SMILES string of the molecule is CN[C@H](C)/C=C/CCC(C)=O. The van der Waals surface area contributed by atoms with E-state index in [1.54, 1.807) is 6.92 Å². The second-order valence-corrected chi connectivity index (χ2v) is 2.75. The molecule has 0 aromatic heterocycles. The van der Waals surface area contributed by atoms with Gasteiger partial charge in [0.2, 0.25) is 0 Å². The fourth-order valence-electron chi connectivity index (χ4n) is 0.683. The van der Waals surface area contributed by atoms with Crippen molar-refractivity contribution in [1.29, 1.82) is 0 Å². The highest BCUT2D eigenvalue weighted by Crippen LogP contribution is 1.93. The van der Waals surface area contributed by atoms with E-state index in [2.05, 4.69) is 18.3 Å². The Hall–Kier alpha value is -0.630. The number of ketones is 1. The number of rotatable bonds is 5. The summed E-state index contributed by atoms with van der Waals surface area (Å²) in [4.78, 5) is 10.5. The van der Waals surface area contributed by atoms with Gasteiger partial charge in [-0.1, -0.05) is 12.2 Å². The zero-order valence-corrected chi connectivity index (χ0v) is 7.55. The van der Waals surface area contributed by atoms with Gasteiger partial charge in [-0.3, -0.25) is 0 Å². The van der Waals surface area contributed by atoms with Crippen LogP contribution in [0.4, 0.5) is 0 Å². The molecule has 2 heteroatoms. The maximum atomic E-state index is 10.5. The number of hydrogen-bond acceptors (Lipinski definition) is 2. The summed E-state index contributed by atoms with van der Waals surface area (Å²) in [5.41, 5.74) is 0. The van der Waals surface area contributed by atoms with Crippen molar-refractivity contribution < 1.29 is 4.79 Å². The molecule has 2 nitrogen and oxygen atoms in total. The normalized spacial score (nSPS) is 13.7. The molecular weight excluding hydrogens is 138 g/mol. The molecule has 0 heterocycles. The van der Waals surface area contributed by atoms with Gasteiger partial charge in [0.05, 0.1) is 0 Å². The van der Waals surface area contributed by atoms with Gasteiger partial charge in [-0.2, -0.15) is 0 Å². The lowest BCUT2D eigenvalue weighted by Crippen LogP contribution is -2.17. The maximum absolute atomic E-state index is 10.5. The topological polar surface area (TPSA) is 29.1 Å². The molecule has 0 saturated carbocycles. The van der Waals surface area contributed by atoms with Gasteiger partial charge >= 0.3 is 0 Å². The molecule has 0 aromatic carbocycles. The number of allylic oxidation sites excluding steroid dienone is 1. The van der Waals surface area contributed by atoms with E-state index in [1.807, 2.05) is 13.1 Å². The van der Waals surface area contributed by atoms with Crippen LogP contribution in [0.2, 0.25) is 0 Å². The highest BCUT2D eigenvalue weighted by molar-refractivity contribution is 5.75. The number of hydrogen-bond donors (Lipinski definition) is 1. The molecule has 0 bridgehead atoms. The Labute approximate surface area is 68.7 Å². The summed E-state index contributed by atoms with van der Waals surface area (Å²) in [6, 6.07) is 0.405. The lowest BCUT2D eigenvalue weighted by atomic mass is 10.2. The maximum Gasteiger partial charge on any atom is 0.130 e. The van der Waals surface area contributed by atoms with Gasteiger partial charge in [0, 0.05) is 12.5 Å². The molecule has 1 atom stereocenters. The molecule has 0 aromatic rings. The van der Waals surface area contributed by atoms with E-state index < -0.39 is 0 Å². The third kappa shape index (κ3) is 7.26. The lowest BCUT2D eigenvalue weighted by Gasteiger charge is -2.01. The lowest BCUT2D eigenvalue weighted by molar-refractivity contribution is -0.116. The second kappa shape index (κ2) is 6.10. The Kier molecular flexibility index (Phi) is 5.75. The quantitative estimate of drug-likeness (QED) is 0.610. The number of nitrogens with one attached hydrogen (secondary N) is 1. The average molecular weight is 155 g/mol. The van der Waals surface area contributed by atoms with Crippen LogP contribution in [0.15, 0.2) is 12.2 Å². The first-order valence-electron chi connectivity index (χ1n) is 4.00. The molecular formula is C9H17NO. The molecule has 0 rings (SSSR count). The van der Waals surface area contributed by atoms with Crippen LogP contribution in [0.5, 0.6) is 0 Å². The van der Waals surface area contributed by atoms with Crippen molar-refractivity contribution in [3.63, 3.8) is 0 Å². The predicted octanol–water partition coefficient (Wildman–Crippen LogP) is 1.52. The molecule has 0 aliphatic rings. The molecule has 0 spiro atoms. The predicted molar refractivity (Wildman–Crippen MR) is 47.6 cm³/mol. The van der Waals surface area contributed by atoms with Crippen LogP contribution < -0.4 is 5.32 Å². The van der Waals surface area contributed by atoms with E-state index in [9.17, 15) is 4.79 Å². The molecule has 0 aliphatic carbocycles. The van der Waals surface area contributed by atoms with Crippen molar-refractivity contribution in [3.05, 3.63) is 12.2 Å². The Morgan fingerprint density at radius 3 is 2.73 bits per heavy atom. The standard InChI is InChI=1S/C9H17NO/c1-8(10-3)6-4-5-7-9(2)11/h4,6,8,10H,5,7H2,1-3H3/b6-4+/t8-/m1/s1. The number of likely N-dealkylation sites (N-methyl/N-ethyl adjacent to an activating group) is 1. The molecule has 0 amide bonds. The summed E-state index contributed by atoms with van der Waals surface area (Å²) < 4.78 is 0. The summed E-state index contributed by atoms with van der Waals surface area (Å²) in [5.74, 6) is 0.256. The first-order valence-corrected chi connectivity index (χ1v) is 4.00. The van der Waals surface area contributed by atoms with Gasteiger partial charge in [0.25, 0.3) is 0 Å². The van der Waals surface area contributed by atoms with Crippen LogP contribution >= 0.6 is 0 Å². The van der Waals surface area contributed by atoms with Crippen molar-refractivity contribution in [2.45, 2.75) is 32.7 Å². The third-order valence-electron chi connectivity index (χ3n) is 1.54. The molecule has 0 radical (unpaired) electrons. The molecule has 0 saturated heterocycles. The first kappa shape index (κ1) is 10.4. The van der Waals surface area contributed by atoms with Gasteiger partial charge < -0.3 is 10.1 Å². The zero-order chi connectivity index (χ0) is 8.69. The van der Waals surface area contributed by atoms with E-state index >= 15 is 0 Å². The second-order valence-electron chi connectivity index (χ2n) is 2.75. The Morgan fingerprint density at radius 1 is 1.64 bits per heavy atom. The van der Waals surface area contributed by atoms with Gasteiger partial charge in [-0.25, -0.2) is 0 Å². The summed E-state index contributed by atoms with van der Waals surface area (Å²) in [6.07, 6.45) is 5.64. The molecule has 0 fully saturated rings. The van der Waals surface area contributed by atoms with Crippen LogP contribution in [0.25, 0.3) is 0 Å². The Bertz CT molecular complexity index is 140. The highest BCUT2D eigenvalue weighted by atomic mass is 16.1. The van der Waals surface area contributed by atoms with Gasteiger partial charge in [0.15, 0.2) is 0 Å². The molecule has 0 aliphatic heterocycles. The number of carbonyl (C=O) groups is 1. The summed E-state index contributed by atoms with van der Waals surface area (Å²) >= 11 is 0. The van der Waals surface area contributed by atoms with Crippen LogP contribution in [-0.2, 0) is 4.79 Å². The summed E-state index contributed by atoms with van der Waals surface area (Å²) in [7, 11) is 1.92. The minimum atomic E-state index is 0.256. The minimum absolute atomic E-state index is 0.256. The van der Waals surface area contributed by atoms with Crippen molar-refractivity contribution in [3.8, 4) is 0 Å². The van der Waals surface area contributed by atoms with Gasteiger partial charge in [-0.05, 0) is 27.3 Å². The van der Waals surface area contributed by atoms with E-state index in [0.29, 0.717) is 12.5 Å². The fraction of sp³-hybridized carbons (Fsp3) is 0.667. The Balaban J connectivity index is 3.36. The fourth-order valence-corrected chi connectivity index (χ4v) is 0.683. The smallest absolute Gasteiger partial charge is 0.130 e. The van der Waals surface area contributed by atoms with E-state index in [1.165, 1.54) is 0 Å². The van der Waals surface area contributed by atoms with E-state index in [-0.39, 0.29) is 5.78 Å². The Morgan fingerprint density at radius 2 is 2.27 bits per heavy atom. The van der Waals surface area contributed by atoms with Crippen molar-refractivity contribution in [2.75, 3.05) is 7.05 Å². The zero-order valence-electron chi connectivity index (χ0n) is 7.55. The average Bonchev–Trinajstić information content (AvgIpc) is 1.97. The van der Waals surface area contributed by atoms with Crippen LogP contribution in [0.1, 0.15) is 26.7 Å². The monoisotopic (exact) mass is 155 g/mol.